The number of hydrogen-bond donors (Lipinski definition) is 2. The molecule has 2 heterocycles. The summed E-state index contributed by atoms with van der Waals surface area (Å²) in [6.07, 6.45) is 5.02. The van der Waals surface area contributed by atoms with Gasteiger partial charge in [-0.2, -0.15) is 0 Å². The summed E-state index contributed by atoms with van der Waals surface area (Å²) in [6, 6.07) is 11.3. The summed E-state index contributed by atoms with van der Waals surface area (Å²) in [5.74, 6) is -0.00248. The minimum atomic E-state index is -0.964. The van der Waals surface area contributed by atoms with Crippen molar-refractivity contribution in [3.63, 3.8) is 0 Å². The van der Waals surface area contributed by atoms with E-state index in [2.05, 4.69) is 21.3 Å². The topological polar surface area (TPSA) is 91.8 Å². The molecule has 0 bridgehead atoms. The number of pyridine rings is 1. The summed E-state index contributed by atoms with van der Waals surface area (Å²) in [5.41, 5.74) is 2.11. The first kappa shape index (κ1) is 21.8. The van der Waals surface area contributed by atoms with Gasteiger partial charge in [0.1, 0.15) is 5.75 Å². The number of carboxylic acids is 1. The molecule has 7 nitrogen and oxygen atoms in total. The maximum absolute atomic E-state index is 12.3. The van der Waals surface area contributed by atoms with Crippen LogP contribution in [0.25, 0.3) is 0 Å². The highest BCUT2D eigenvalue weighted by Gasteiger charge is 2.21. The number of aryl methyl sites for hydroxylation is 1. The van der Waals surface area contributed by atoms with E-state index in [-0.39, 0.29) is 17.5 Å². The highest BCUT2D eigenvalue weighted by Crippen LogP contribution is 2.21. The van der Waals surface area contributed by atoms with Crippen LogP contribution in [-0.4, -0.2) is 53.1 Å². The lowest BCUT2D eigenvalue weighted by Crippen LogP contribution is -2.44. The van der Waals surface area contributed by atoms with Crippen molar-refractivity contribution in [1.29, 1.82) is 0 Å². The fourth-order valence-electron chi connectivity index (χ4n) is 3.79. The van der Waals surface area contributed by atoms with Crippen LogP contribution < -0.4 is 10.1 Å². The van der Waals surface area contributed by atoms with Crippen LogP contribution in [0.5, 0.6) is 5.75 Å². The molecule has 1 amide bonds. The number of aromatic nitrogens is 1. The molecule has 0 radical (unpaired) electrons. The van der Waals surface area contributed by atoms with E-state index in [0.29, 0.717) is 25.0 Å². The smallest absolute Gasteiger partial charge is 0.335 e. The number of nitrogens with one attached hydrogen (secondary N) is 1. The second-order valence-corrected chi connectivity index (χ2v) is 7.62. The van der Waals surface area contributed by atoms with Crippen LogP contribution in [0, 0.1) is 0 Å². The zero-order chi connectivity index (χ0) is 21.3. The van der Waals surface area contributed by atoms with Gasteiger partial charge >= 0.3 is 5.97 Å². The van der Waals surface area contributed by atoms with Crippen molar-refractivity contribution in [1.82, 2.24) is 15.2 Å². The number of likely N-dealkylation sites (tertiary alicyclic amines) is 1. The molecule has 1 aromatic carbocycles. The zero-order valence-corrected chi connectivity index (χ0v) is 17.3. The molecule has 0 atom stereocenters. The summed E-state index contributed by atoms with van der Waals surface area (Å²) in [6.45, 7) is 2.73. The van der Waals surface area contributed by atoms with Crippen molar-refractivity contribution >= 4 is 11.9 Å². The number of benzene rings is 1. The number of methoxy groups -OCH3 is 1. The first-order valence-corrected chi connectivity index (χ1v) is 10.4. The van der Waals surface area contributed by atoms with Gasteiger partial charge in [-0.3, -0.25) is 14.7 Å². The molecule has 160 valence electrons. The summed E-state index contributed by atoms with van der Waals surface area (Å²) >= 11 is 0. The van der Waals surface area contributed by atoms with E-state index < -0.39 is 5.97 Å². The van der Waals surface area contributed by atoms with Gasteiger partial charge < -0.3 is 15.2 Å². The highest BCUT2D eigenvalue weighted by molar-refractivity contribution is 5.87. The van der Waals surface area contributed by atoms with Crippen molar-refractivity contribution in [2.45, 2.75) is 44.7 Å². The number of carbonyl (C=O) groups excluding carboxylic acids is 1. The Kier molecular flexibility index (Phi) is 7.79. The van der Waals surface area contributed by atoms with Crippen molar-refractivity contribution < 1.29 is 19.4 Å². The number of rotatable bonds is 9. The van der Waals surface area contributed by atoms with E-state index in [0.717, 1.165) is 38.2 Å². The fraction of sp³-hybridized carbons (Fsp3) is 0.435. The van der Waals surface area contributed by atoms with Crippen molar-refractivity contribution in [3.05, 3.63) is 59.4 Å². The van der Waals surface area contributed by atoms with Gasteiger partial charge in [-0.05, 0) is 43.9 Å². The lowest BCUT2D eigenvalue weighted by Gasteiger charge is -2.32. The predicted molar refractivity (Wildman–Crippen MR) is 114 cm³/mol. The van der Waals surface area contributed by atoms with Gasteiger partial charge in [0, 0.05) is 49.6 Å². The Balaban J connectivity index is 1.37. The Labute approximate surface area is 177 Å². The largest absolute Gasteiger partial charge is 0.496 e. The molecule has 2 N–H and O–H groups in total. The van der Waals surface area contributed by atoms with Crippen LogP contribution in [0.1, 0.15) is 47.3 Å². The molecule has 7 heteroatoms. The Morgan fingerprint density at radius 2 is 2.00 bits per heavy atom. The summed E-state index contributed by atoms with van der Waals surface area (Å²) in [4.78, 5) is 29.9. The van der Waals surface area contributed by atoms with Gasteiger partial charge in [-0.15, -0.1) is 0 Å². The monoisotopic (exact) mass is 411 g/mol. The van der Waals surface area contributed by atoms with E-state index in [1.807, 2.05) is 18.2 Å². The van der Waals surface area contributed by atoms with Crippen molar-refractivity contribution in [2.75, 3.05) is 20.2 Å². The number of piperidine rings is 1. The van der Waals surface area contributed by atoms with Crippen LogP contribution in [0.3, 0.4) is 0 Å². The summed E-state index contributed by atoms with van der Waals surface area (Å²) in [5, 5.41) is 12.2. The molecule has 0 saturated carbocycles. The van der Waals surface area contributed by atoms with E-state index >= 15 is 0 Å². The van der Waals surface area contributed by atoms with Gasteiger partial charge in [0.2, 0.25) is 5.91 Å². The molecule has 0 aliphatic carbocycles. The lowest BCUT2D eigenvalue weighted by atomic mass is 10.0. The van der Waals surface area contributed by atoms with Gasteiger partial charge in [-0.25, -0.2) is 4.79 Å². The first-order chi connectivity index (χ1) is 14.5. The predicted octanol–water partition coefficient (Wildman–Crippen LogP) is 2.89. The van der Waals surface area contributed by atoms with Crippen LogP contribution in [0.2, 0.25) is 0 Å². The average Bonchev–Trinajstić information content (AvgIpc) is 2.75. The maximum atomic E-state index is 12.3. The number of hydrogen-bond acceptors (Lipinski definition) is 5. The number of carbonyl (C=O) groups is 2. The molecular formula is C23H29N3O4. The van der Waals surface area contributed by atoms with Gasteiger partial charge in [-0.1, -0.05) is 18.2 Å². The summed E-state index contributed by atoms with van der Waals surface area (Å²) in [7, 11) is 1.69. The average molecular weight is 412 g/mol. The molecule has 3 rings (SSSR count). The second-order valence-electron chi connectivity index (χ2n) is 7.62. The number of ether oxygens (including phenoxy) is 1. The molecule has 1 aliphatic rings. The Bertz CT molecular complexity index is 863. The first-order valence-electron chi connectivity index (χ1n) is 10.4. The third kappa shape index (κ3) is 6.29. The molecule has 0 unspecified atom stereocenters. The Hall–Kier alpha value is -2.93. The minimum Gasteiger partial charge on any atom is -0.496 e. The maximum Gasteiger partial charge on any atom is 0.335 e. The third-order valence-electron chi connectivity index (χ3n) is 5.44. The number of aromatic carboxylic acids is 1. The second kappa shape index (κ2) is 10.7. The number of amides is 1. The van der Waals surface area contributed by atoms with E-state index in [4.69, 9.17) is 9.84 Å². The van der Waals surface area contributed by atoms with Crippen molar-refractivity contribution in [3.8, 4) is 5.75 Å². The molecule has 30 heavy (non-hydrogen) atoms. The molecule has 1 aromatic heterocycles. The van der Waals surface area contributed by atoms with Gasteiger partial charge in [0.15, 0.2) is 0 Å². The SMILES string of the molecule is COc1ccccc1CN1CCC(NC(=O)CCCc2cc(C(=O)O)ccn2)CC1. The molecule has 1 saturated heterocycles. The third-order valence-corrected chi connectivity index (χ3v) is 5.44. The van der Waals surface area contributed by atoms with Gasteiger partial charge in [0.25, 0.3) is 0 Å². The van der Waals surface area contributed by atoms with Crippen molar-refractivity contribution in [2.24, 2.45) is 0 Å². The Morgan fingerprint density at radius 1 is 1.23 bits per heavy atom. The molecule has 1 aliphatic heterocycles. The summed E-state index contributed by atoms with van der Waals surface area (Å²) < 4.78 is 5.43. The van der Waals surface area contributed by atoms with Crippen LogP contribution >= 0.6 is 0 Å². The number of para-hydroxylation sites is 1. The normalized spacial score (nSPS) is 15.0. The molecule has 0 spiro atoms. The zero-order valence-electron chi connectivity index (χ0n) is 17.3. The molecule has 1 fully saturated rings. The quantitative estimate of drug-likeness (QED) is 0.659. The highest BCUT2D eigenvalue weighted by atomic mass is 16.5. The van der Waals surface area contributed by atoms with Gasteiger partial charge in [0.05, 0.1) is 12.7 Å². The number of carboxylic acid groups (broad SMARTS) is 1. The van der Waals surface area contributed by atoms with Crippen LogP contribution in [-0.2, 0) is 17.8 Å². The lowest BCUT2D eigenvalue weighted by molar-refractivity contribution is -0.122. The minimum absolute atomic E-state index is 0.0487. The van der Waals surface area contributed by atoms with E-state index in [9.17, 15) is 9.59 Å². The molecular weight excluding hydrogens is 382 g/mol. The van der Waals surface area contributed by atoms with Crippen LogP contribution in [0.4, 0.5) is 0 Å². The van der Waals surface area contributed by atoms with Crippen LogP contribution in [0.15, 0.2) is 42.6 Å². The van der Waals surface area contributed by atoms with E-state index in [1.165, 1.54) is 17.8 Å². The fourth-order valence-corrected chi connectivity index (χ4v) is 3.79. The van der Waals surface area contributed by atoms with E-state index in [1.54, 1.807) is 13.2 Å². The Morgan fingerprint density at radius 3 is 2.73 bits per heavy atom. The standard InChI is InChI=1S/C23H29N3O4/c1-30-21-7-3-2-5-18(21)16-26-13-10-19(11-14-26)25-22(27)8-4-6-20-15-17(23(28)29)9-12-24-20/h2-3,5,7,9,12,15,19H,4,6,8,10-11,13-14,16H2,1H3,(H,25,27)(H,28,29). The number of nitrogens with zero attached hydrogens (tertiary/aromatic N) is 2. The molecule has 2 aromatic rings.